The Kier molecular flexibility index (Phi) is 31.8. The maximum atomic E-state index is 13.5. The molecule has 0 spiro atoms. The highest BCUT2D eigenvalue weighted by atomic mass is 35.5. The summed E-state index contributed by atoms with van der Waals surface area (Å²) in [5.41, 5.74) is 44.1. The first-order chi connectivity index (χ1) is 69.3. The molecule has 8 aliphatic rings. The molecule has 748 valence electrons. The molecule has 46 heteroatoms. The van der Waals surface area contributed by atoms with E-state index in [4.69, 9.17) is 88.9 Å². The largest absolute Gasteiger partial charge is 0.340 e. The van der Waals surface area contributed by atoms with Crippen molar-refractivity contribution in [3.05, 3.63) is 271 Å². The van der Waals surface area contributed by atoms with Gasteiger partial charge in [0.05, 0.1) is 61.7 Å². The molecular formula is C98H108Cl4N32O6S4. The van der Waals surface area contributed by atoms with Crippen molar-refractivity contribution in [1.82, 2.24) is 98.3 Å². The number of carbonyl (C=O) groups excluding carboxylic acids is 6. The minimum Gasteiger partial charge on any atom is -0.340 e. The third kappa shape index (κ3) is 21.4. The summed E-state index contributed by atoms with van der Waals surface area (Å²) in [5.74, 6) is 5.39. The molecule has 6 amide bonds. The Bertz CT molecular complexity index is 7150. The van der Waals surface area contributed by atoms with Crippen LogP contribution >= 0.6 is 91.8 Å². The number of nitrogens with zero attached hydrogens (tertiary/aromatic N) is 30. The molecule has 4 atom stereocenters. The average molecular weight is 2100 g/mol. The number of aromatic nitrogens is 12. The van der Waals surface area contributed by atoms with Gasteiger partial charge >= 0.3 is 0 Å². The zero-order valence-corrected chi connectivity index (χ0v) is 88.0. The quantitative estimate of drug-likeness (QED) is 0.0458. The first-order valence-corrected chi connectivity index (χ1v) is 52.1. The van der Waals surface area contributed by atoms with Gasteiger partial charge in [-0.1, -0.05) is 105 Å². The minimum absolute atomic E-state index is 0.0176. The fourth-order valence-electron chi connectivity index (χ4n) is 18.9. The van der Waals surface area contributed by atoms with Crippen molar-refractivity contribution in [2.24, 2.45) is 41.7 Å². The zero-order valence-electron chi connectivity index (χ0n) is 81.7. The van der Waals surface area contributed by atoms with Gasteiger partial charge in [-0.3, -0.25) is 76.8 Å². The number of piperazine rings is 4. The summed E-state index contributed by atoms with van der Waals surface area (Å²) in [4.78, 5) is 124. The van der Waals surface area contributed by atoms with Crippen LogP contribution in [0, 0.1) is 83.1 Å². The van der Waals surface area contributed by atoms with Gasteiger partial charge in [-0.15, -0.1) is 86.1 Å². The van der Waals surface area contributed by atoms with Gasteiger partial charge in [0.2, 0.25) is 35.4 Å². The second kappa shape index (κ2) is 44.5. The van der Waals surface area contributed by atoms with Crippen LogP contribution in [0.3, 0.4) is 0 Å². The van der Waals surface area contributed by atoms with E-state index in [-0.39, 0.29) is 74.2 Å². The maximum absolute atomic E-state index is 13.5. The van der Waals surface area contributed by atoms with Crippen LogP contribution < -0.4 is 11.5 Å². The first-order valence-electron chi connectivity index (χ1n) is 47.3. The Morgan fingerprint density at radius 1 is 0.326 bits per heavy atom. The Morgan fingerprint density at radius 2 is 0.556 bits per heavy atom. The molecule has 4 aromatic carbocycles. The fourth-order valence-corrected chi connectivity index (χ4v) is 24.2. The van der Waals surface area contributed by atoms with Crippen molar-refractivity contribution in [3.63, 3.8) is 0 Å². The van der Waals surface area contributed by atoms with Crippen LogP contribution in [0.1, 0.15) is 183 Å². The normalized spacial score (nSPS) is 17.5. The smallest absolute Gasteiger partial charge is 0.236 e. The predicted molar refractivity (Wildman–Crippen MR) is 560 cm³/mol. The fraction of sp³-hybridized carbons (Fsp3) is 0.408. The summed E-state index contributed by atoms with van der Waals surface area (Å²) in [6.07, 6.45) is 0.714. The number of nitrogens with two attached hydrogens (primary N) is 2. The van der Waals surface area contributed by atoms with Gasteiger partial charge in [-0.2, -0.15) is 0 Å². The summed E-state index contributed by atoms with van der Waals surface area (Å²) in [6.45, 7) is 34.1. The van der Waals surface area contributed by atoms with Gasteiger partial charge in [0.15, 0.2) is 23.3 Å². The summed E-state index contributed by atoms with van der Waals surface area (Å²) in [6, 6.07) is 28.6. The third-order valence-corrected chi connectivity index (χ3v) is 33.1. The molecule has 144 heavy (non-hydrogen) atoms. The average Bonchev–Trinajstić information content (AvgIpc) is 1.60. The molecule has 0 saturated carbocycles. The molecule has 12 aromatic rings. The van der Waals surface area contributed by atoms with E-state index in [2.05, 4.69) is 130 Å². The van der Waals surface area contributed by atoms with E-state index >= 15 is 0 Å². The van der Waals surface area contributed by atoms with Gasteiger partial charge in [-0.05, 0) is 165 Å². The number of thiophene rings is 4. The second-order valence-electron chi connectivity index (χ2n) is 36.1. The topological polar surface area (TPSA) is 450 Å². The summed E-state index contributed by atoms with van der Waals surface area (Å²) in [5, 5.41) is 49.0. The van der Waals surface area contributed by atoms with E-state index in [0.717, 1.165) is 140 Å². The second-order valence-corrected chi connectivity index (χ2v) is 42.7. The summed E-state index contributed by atoms with van der Waals surface area (Å²) in [7, 11) is 0. The monoisotopic (exact) mass is 2100 g/mol. The highest BCUT2D eigenvalue weighted by Crippen LogP contribution is 2.46. The summed E-state index contributed by atoms with van der Waals surface area (Å²) >= 11 is 31.5. The number of aryl methyl sites for hydroxylation is 8. The lowest BCUT2D eigenvalue weighted by atomic mass is 9.99. The van der Waals surface area contributed by atoms with E-state index in [9.17, 15) is 28.8 Å². The van der Waals surface area contributed by atoms with Crippen LogP contribution in [-0.2, 0) is 28.8 Å². The van der Waals surface area contributed by atoms with Crippen LogP contribution in [0.15, 0.2) is 127 Å². The van der Waals surface area contributed by atoms with Crippen molar-refractivity contribution in [2.75, 3.05) is 131 Å². The van der Waals surface area contributed by atoms with Crippen molar-refractivity contribution >= 4 is 150 Å². The number of hydrogen-bond donors (Lipinski definition) is 2. The first kappa shape index (κ1) is 103. The predicted octanol–water partition coefficient (Wildman–Crippen LogP) is 14.8. The molecule has 0 bridgehead atoms. The number of halogens is 4. The molecule has 4 saturated heterocycles. The van der Waals surface area contributed by atoms with Gasteiger partial charge in [0.1, 0.15) is 74.0 Å². The number of aliphatic imine (C=N–C) groups is 4. The Balaban J connectivity index is 0.000000132. The van der Waals surface area contributed by atoms with Gasteiger partial charge in [-0.25, -0.2) is 0 Å². The molecule has 0 radical (unpaired) electrons. The van der Waals surface area contributed by atoms with Crippen LogP contribution in [0.2, 0.25) is 20.1 Å². The molecule has 8 aliphatic heterocycles. The highest BCUT2D eigenvalue weighted by Gasteiger charge is 2.41. The maximum Gasteiger partial charge on any atom is 0.236 e. The number of benzene rings is 4. The minimum atomic E-state index is -0.543. The standard InChI is InChI=1S/C25H26ClN9O2S.C25H28ClN7O2S.C24H26ClN9OS.C24H28ClN7OS/c1-14-15(2)38-25-22(14)23(17-4-6-18(26)7-5-17)29-19(24-31-30-16(3)35(24)25)12-20(36)33-8-10-34(11-9-33)21(37)13-28-32-27;1-14-15(2)36-25-22(14)23(17-4-6-18(26)7-5-17)28-19(24-30-29-16(3)33(24)25)12-20(34)31-8-10-32(11-9-31)21(35)13-27;1-14-15(2)36-24-21(14)22(17-4-6-18(25)7-5-17)28-19(23-30-29-16(3)34(23)24)12-20(35)33-10-8-32(9-11-33)13-27-31-26;1-14-15(2)34-24-21(14)22(17-4-6-18(25)7-5-17)27-19(23-29-28-16(3)32(23)24)12-20(33)31-10-8-30(13-26)9-11-31/h4-7,19H,8-13H2,1-3H3;4-7,19H,8-13,27H2,1-3H3;4-7,19H,8-13H2,1-3H3;4-7,19H,8-13,26H2,1-3H3/t4*19-/m0000/s1. The van der Waals surface area contributed by atoms with Crippen LogP contribution in [0.4, 0.5) is 0 Å². The number of carbonyl (C=O) groups is 6. The number of fused-ring (bicyclic) bond motifs is 12. The van der Waals surface area contributed by atoms with E-state index in [0.29, 0.717) is 148 Å². The molecule has 16 heterocycles. The van der Waals surface area contributed by atoms with Crippen molar-refractivity contribution in [1.29, 1.82) is 0 Å². The number of azide groups is 2. The molecule has 0 aliphatic carbocycles. The van der Waals surface area contributed by atoms with E-state index in [1.54, 1.807) is 64.9 Å². The van der Waals surface area contributed by atoms with Crippen molar-refractivity contribution in [3.8, 4) is 20.0 Å². The summed E-state index contributed by atoms with van der Waals surface area (Å²) < 4.78 is 8.21. The van der Waals surface area contributed by atoms with Crippen molar-refractivity contribution < 1.29 is 28.8 Å². The van der Waals surface area contributed by atoms with E-state index < -0.39 is 24.2 Å². The molecule has 8 aromatic heterocycles. The van der Waals surface area contributed by atoms with Gasteiger partial charge in [0.25, 0.3) is 0 Å². The van der Waals surface area contributed by atoms with Gasteiger partial charge < -0.3 is 40.9 Å². The van der Waals surface area contributed by atoms with Crippen LogP contribution in [0.25, 0.3) is 40.9 Å². The number of amides is 6. The molecule has 4 N–H and O–H groups in total. The Morgan fingerprint density at radius 3 is 0.792 bits per heavy atom. The number of rotatable bonds is 18. The number of hydrogen-bond acceptors (Lipinski definition) is 28. The SMILES string of the molecule is Cc1sc2c(c1C)C(c1ccc(Cl)cc1)=N[C@@H](CC(=O)N1CCN(C(=O)CN)CC1)c1nnc(C)n1-2.Cc1sc2c(c1C)C(c1ccc(Cl)cc1)=N[C@@H](CC(=O)N1CCN(C(=O)CN=[N+]=[N-])CC1)c1nnc(C)n1-2.Cc1sc2c(c1C)C(c1ccc(Cl)cc1)=N[C@@H](CC(=O)N1CCN(CN)CC1)c1nnc(C)n1-2.Cc1sc2c(c1C)C(c1ccc(Cl)cc1)=N[C@@H](CC(=O)N1CCN(CN=[N+]=[N-])CC1)c1nnc(C)n1-2. The molecule has 20 rings (SSSR count). The molecule has 38 nitrogen and oxygen atoms in total. The van der Waals surface area contributed by atoms with Crippen molar-refractivity contribution in [2.45, 2.75) is 133 Å². The Labute approximate surface area is 867 Å². The van der Waals surface area contributed by atoms with E-state index in [1.807, 2.05) is 149 Å². The molecule has 4 fully saturated rings. The lowest BCUT2D eigenvalue weighted by Crippen LogP contribution is -2.52. The molecule has 0 unspecified atom stereocenters. The van der Waals surface area contributed by atoms with E-state index in [1.165, 1.54) is 25.1 Å². The zero-order chi connectivity index (χ0) is 102. The molecular weight excluding hydrogens is 1990 g/mol. The lowest BCUT2D eigenvalue weighted by molar-refractivity contribution is -0.139. The third-order valence-electron chi connectivity index (χ3n) is 27.3. The lowest BCUT2D eigenvalue weighted by Gasteiger charge is -2.35. The van der Waals surface area contributed by atoms with Crippen LogP contribution in [-0.4, -0.2) is 288 Å². The Hall–Kier alpha value is -12.6. The highest BCUT2D eigenvalue weighted by molar-refractivity contribution is 7.16. The van der Waals surface area contributed by atoms with Gasteiger partial charge in [0, 0.05) is 205 Å². The van der Waals surface area contributed by atoms with Crippen LogP contribution in [0.5, 0.6) is 0 Å².